The zero-order valence-corrected chi connectivity index (χ0v) is 9.91. The van der Waals surface area contributed by atoms with Crippen molar-refractivity contribution in [1.82, 2.24) is 10.6 Å². The fourth-order valence-corrected chi connectivity index (χ4v) is 0.984. The molecule has 0 rings (SSSR count). The number of carbonyl (C=O) groups excluding carboxylic acids is 1. The average Bonchev–Trinajstić information content (AvgIpc) is 2.21. The van der Waals surface area contributed by atoms with Gasteiger partial charge in [0.1, 0.15) is 0 Å². The van der Waals surface area contributed by atoms with Crippen LogP contribution in [0.25, 0.3) is 0 Å². The number of aliphatic hydroxyl groups is 1. The summed E-state index contributed by atoms with van der Waals surface area (Å²) in [6, 6.07) is -0.302. The fourth-order valence-electron chi connectivity index (χ4n) is 0.984. The van der Waals surface area contributed by atoms with Crippen molar-refractivity contribution in [3.63, 3.8) is 0 Å². The predicted octanol–water partition coefficient (Wildman–Crippen LogP) is -0.504. The van der Waals surface area contributed by atoms with E-state index in [1.54, 1.807) is 14.0 Å². The summed E-state index contributed by atoms with van der Waals surface area (Å²) in [7, 11) is 1.58. The third-order valence-corrected chi connectivity index (χ3v) is 1.92. The zero-order chi connectivity index (χ0) is 11.8. The Balaban J connectivity index is 3.61. The number of carbonyl (C=O) groups is 1. The molecule has 0 saturated heterocycles. The van der Waals surface area contributed by atoms with E-state index >= 15 is 0 Å². The van der Waals surface area contributed by atoms with Gasteiger partial charge in [-0.15, -0.1) is 0 Å². The highest BCUT2D eigenvalue weighted by molar-refractivity contribution is 5.80. The van der Waals surface area contributed by atoms with Crippen molar-refractivity contribution in [2.45, 2.75) is 39.0 Å². The first kappa shape index (κ1) is 14.3. The van der Waals surface area contributed by atoms with E-state index in [1.165, 1.54) is 0 Å². The van der Waals surface area contributed by atoms with Crippen LogP contribution in [0.1, 0.15) is 20.8 Å². The van der Waals surface area contributed by atoms with Crippen LogP contribution in [-0.4, -0.2) is 49.5 Å². The largest absolute Gasteiger partial charge is 0.389 e. The van der Waals surface area contributed by atoms with E-state index in [2.05, 4.69) is 10.6 Å². The summed E-state index contributed by atoms with van der Waals surface area (Å²) in [6.07, 6.45) is -0.476. The van der Waals surface area contributed by atoms with Crippen molar-refractivity contribution >= 4 is 5.91 Å². The Labute approximate surface area is 91.2 Å². The van der Waals surface area contributed by atoms with Gasteiger partial charge in [0.2, 0.25) is 5.91 Å². The maximum Gasteiger partial charge on any atom is 0.236 e. The summed E-state index contributed by atoms with van der Waals surface area (Å²) >= 11 is 0. The maximum absolute atomic E-state index is 11.1. The van der Waals surface area contributed by atoms with Crippen molar-refractivity contribution in [3.05, 3.63) is 0 Å². The first-order valence-corrected chi connectivity index (χ1v) is 5.22. The summed E-state index contributed by atoms with van der Waals surface area (Å²) in [6.45, 7) is 6.20. The van der Waals surface area contributed by atoms with Crippen LogP contribution in [0.15, 0.2) is 0 Å². The van der Waals surface area contributed by atoms with Gasteiger partial charge >= 0.3 is 0 Å². The van der Waals surface area contributed by atoms with Crippen LogP contribution in [-0.2, 0) is 9.53 Å². The second kappa shape index (κ2) is 7.62. The van der Waals surface area contributed by atoms with Crippen molar-refractivity contribution < 1.29 is 14.6 Å². The normalized spacial score (nSPS) is 15.1. The molecule has 0 aromatic carbocycles. The maximum atomic E-state index is 11.1. The summed E-state index contributed by atoms with van der Waals surface area (Å²) in [5, 5.41) is 14.9. The lowest BCUT2D eigenvalue weighted by Gasteiger charge is -2.17. The quantitative estimate of drug-likeness (QED) is 0.538. The Kier molecular flexibility index (Phi) is 7.29. The van der Waals surface area contributed by atoms with E-state index in [4.69, 9.17) is 4.74 Å². The van der Waals surface area contributed by atoms with Gasteiger partial charge in [0, 0.05) is 13.6 Å². The summed E-state index contributed by atoms with van der Waals surface area (Å²) in [5.41, 5.74) is 0. The molecule has 0 radical (unpaired) electrons. The minimum atomic E-state index is -0.584. The molecular formula is C10H22N2O3. The van der Waals surface area contributed by atoms with E-state index in [1.807, 2.05) is 13.8 Å². The Hall–Kier alpha value is -0.650. The number of rotatable bonds is 7. The molecule has 0 aliphatic heterocycles. The van der Waals surface area contributed by atoms with Gasteiger partial charge in [-0.3, -0.25) is 4.79 Å². The molecule has 15 heavy (non-hydrogen) atoms. The number of aliphatic hydroxyl groups excluding tert-OH is 1. The minimum Gasteiger partial charge on any atom is -0.389 e. The molecule has 0 aliphatic carbocycles. The zero-order valence-electron chi connectivity index (χ0n) is 9.91. The van der Waals surface area contributed by atoms with Crippen molar-refractivity contribution in [1.29, 1.82) is 0 Å². The molecule has 0 aromatic heterocycles. The molecule has 2 unspecified atom stereocenters. The van der Waals surface area contributed by atoms with E-state index in [9.17, 15) is 9.90 Å². The van der Waals surface area contributed by atoms with Crippen LogP contribution in [0.4, 0.5) is 0 Å². The Morgan fingerprint density at radius 2 is 2.00 bits per heavy atom. The number of likely N-dealkylation sites (N-methyl/N-ethyl adjacent to an activating group) is 1. The topological polar surface area (TPSA) is 70.6 Å². The third-order valence-electron chi connectivity index (χ3n) is 1.92. The van der Waals surface area contributed by atoms with Gasteiger partial charge in [-0.1, -0.05) is 0 Å². The monoisotopic (exact) mass is 218 g/mol. The molecule has 0 heterocycles. The van der Waals surface area contributed by atoms with E-state index in [-0.39, 0.29) is 24.7 Å². The second-order valence-electron chi connectivity index (χ2n) is 3.78. The molecule has 0 spiro atoms. The lowest BCUT2D eigenvalue weighted by atomic mass is 10.3. The van der Waals surface area contributed by atoms with Gasteiger partial charge in [0.25, 0.3) is 0 Å². The molecule has 90 valence electrons. The standard InChI is InChI=1S/C10H22N2O3/c1-7(2)15-6-9(13)5-12-8(3)10(14)11-4/h7-9,12-13H,5-6H2,1-4H3,(H,11,14). The smallest absolute Gasteiger partial charge is 0.236 e. The first-order chi connectivity index (χ1) is 6.97. The van der Waals surface area contributed by atoms with Crippen LogP contribution in [0.5, 0.6) is 0 Å². The van der Waals surface area contributed by atoms with Gasteiger partial charge in [0.05, 0.1) is 24.9 Å². The molecule has 0 fully saturated rings. The van der Waals surface area contributed by atoms with E-state index in [0.29, 0.717) is 6.54 Å². The highest BCUT2D eigenvalue weighted by Gasteiger charge is 2.12. The van der Waals surface area contributed by atoms with Crippen LogP contribution in [0.2, 0.25) is 0 Å². The highest BCUT2D eigenvalue weighted by atomic mass is 16.5. The molecule has 0 saturated carbocycles. The molecule has 0 bridgehead atoms. The number of hydrogen-bond donors (Lipinski definition) is 3. The Morgan fingerprint density at radius 1 is 1.40 bits per heavy atom. The molecule has 5 nitrogen and oxygen atoms in total. The second-order valence-corrected chi connectivity index (χ2v) is 3.78. The Morgan fingerprint density at radius 3 is 2.47 bits per heavy atom. The predicted molar refractivity (Wildman–Crippen MR) is 58.6 cm³/mol. The lowest BCUT2D eigenvalue weighted by molar-refractivity contribution is -0.122. The number of nitrogens with one attached hydrogen (secondary N) is 2. The van der Waals surface area contributed by atoms with E-state index < -0.39 is 6.10 Å². The number of hydrogen-bond acceptors (Lipinski definition) is 4. The summed E-state index contributed by atoms with van der Waals surface area (Å²) < 4.78 is 5.23. The number of ether oxygens (including phenoxy) is 1. The molecule has 1 amide bonds. The third kappa shape index (κ3) is 7.30. The van der Waals surface area contributed by atoms with Crippen LogP contribution < -0.4 is 10.6 Å². The molecule has 0 aliphatic rings. The van der Waals surface area contributed by atoms with Crippen LogP contribution in [0.3, 0.4) is 0 Å². The van der Waals surface area contributed by atoms with Crippen molar-refractivity contribution in [2.24, 2.45) is 0 Å². The summed E-state index contributed by atoms with van der Waals surface area (Å²) in [5.74, 6) is -0.0908. The van der Waals surface area contributed by atoms with E-state index in [0.717, 1.165) is 0 Å². The van der Waals surface area contributed by atoms with Gasteiger partial charge in [-0.05, 0) is 20.8 Å². The van der Waals surface area contributed by atoms with Crippen LogP contribution >= 0.6 is 0 Å². The van der Waals surface area contributed by atoms with Crippen molar-refractivity contribution in [3.8, 4) is 0 Å². The lowest BCUT2D eigenvalue weighted by Crippen LogP contribution is -2.44. The summed E-state index contributed by atoms with van der Waals surface area (Å²) in [4.78, 5) is 11.1. The molecule has 3 N–H and O–H groups in total. The molecular weight excluding hydrogens is 196 g/mol. The van der Waals surface area contributed by atoms with Gasteiger partial charge < -0.3 is 20.5 Å². The highest BCUT2D eigenvalue weighted by Crippen LogP contribution is 1.91. The first-order valence-electron chi connectivity index (χ1n) is 5.22. The molecule has 0 aromatic rings. The molecule has 5 heteroatoms. The average molecular weight is 218 g/mol. The van der Waals surface area contributed by atoms with Gasteiger partial charge in [-0.25, -0.2) is 0 Å². The SMILES string of the molecule is CNC(=O)C(C)NCC(O)COC(C)C. The Bertz CT molecular complexity index is 186. The minimum absolute atomic E-state index is 0.0908. The molecule has 2 atom stereocenters. The van der Waals surface area contributed by atoms with Crippen LogP contribution in [0, 0.1) is 0 Å². The van der Waals surface area contributed by atoms with Gasteiger partial charge in [-0.2, -0.15) is 0 Å². The fraction of sp³-hybridized carbons (Fsp3) is 0.900. The number of amides is 1. The van der Waals surface area contributed by atoms with Crippen molar-refractivity contribution in [2.75, 3.05) is 20.2 Å². The van der Waals surface area contributed by atoms with Gasteiger partial charge in [0.15, 0.2) is 0 Å².